The molecule has 1 amide bonds. The first-order valence-electron chi connectivity index (χ1n) is 13.5. The van der Waals surface area contributed by atoms with Gasteiger partial charge >= 0.3 is 0 Å². The van der Waals surface area contributed by atoms with E-state index in [0.29, 0.717) is 41.9 Å². The van der Waals surface area contributed by atoms with E-state index in [2.05, 4.69) is 20.1 Å². The van der Waals surface area contributed by atoms with Gasteiger partial charge in [0.1, 0.15) is 0 Å². The third-order valence-electron chi connectivity index (χ3n) is 8.32. The number of anilines is 2. The van der Waals surface area contributed by atoms with Crippen LogP contribution in [0.15, 0.2) is 6.33 Å². The van der Waals surface area contributed by atoms with Gasteiger partial charge in [0.15, 0.2) is 17.0 Å². The van der Waals surface area contributed by atoms with Crippen molar-refractivity contribution in [2.45, 2.75) is 101 Å². The van der Waals surface area contributed by atoms with Crippen LogP contribution in [0.2, 0.25) is 0 Å². The molecule has 0 spiro atoms. The summed E-state index contributed by atoms with van der Waals surface area (Å²) in [5, 5.41) is 7.30. The number of carbonyl (C=O) groups is 1. The van der Waals surface area contributed by atoms with Crippen molar-refractivity contribution in [1.82, 2.24) is 24.4 Å². The highest BCUT2D eigenvalue weighted by Gasteiger charge is 2.35. The Balaban J connectivity index is 1.22. The number of piperidine rings is 1. The summed E-state index contributed by atoms with van der Waals surface area (Å²) in [5.74, 6) is 2.17. The van der Waals surface area contributed by atoms with Gasteiger partial charge in [-0.05, 0) is 64.2 Å². The quantitative estimate of drug-likeness (QED) is 0.597. The summed E-state index contributed by atoms with van der Waals surface area (Å²) in [6.07, 6.45) is 15.1. The minimum atomic E-state index is 0.290. The summed E-state index contributed by atoms with van der Waals surface area (Å²) in [6, 6.07) is 1.45. The monoisotopic (exact) mass is 466 g/mol. The molecular formula is C25H38N8O. The Kier molecular flexibility index (Phi) is 6.05. The van der Waals surface area contributed by atoms with Crippen LogP contribution >= 0.6 is 0 Å². The van der Waals surface area contributed by atoms with Crippen LogP contribution in [0.25, 0.3) is 11.2 Å². The van der Waals surface area contributed by atoms with Crippen molar-refractivity contribution in [3.8, 4) is 0 Å². The lowest BCUT2D eigenvalue weighted by Crippen LogP contribution is -2.43. The van der Waals surface area contributed by atoms with Crippen LogP contribution in [0, 0.1) is 5.92 Å². The van der Waals surface area contributed by atoms with Gasteiger partial charge in [0, 0.05) is 43.2 Å². The van der Waals surface area contributed by atoms with Crippen LogP contribution in [-0.2, 0) is 4.79 Å². The number of carbonyl (C=O) groups excluding carboxylic acids is 1. The Morgan fingerprint density at radius 2 is 1.59 bits per heavy atom. The molecule has 4 N–H and O–H groups in total. The molecule has 184 valence electrons. The zero-order valence-corrected chi connectivity index (χ0v) is 20.1. The molecule has 3 saturated carbocycles. The SMILES string of the molecule is N[C@H]1CC[C@H](Nc2nc(NC3CCN(C(=O)C4CC4)CC3)c3ncn(C4CCCC4)c3n2)CC1. The average molecular weight is 467 g/mol. The standard InChI is InChI=1S/C25H38N8O/c26-17-7-9-18(10-8-17)29-25-30-22(21-23(31-25)33(15-27-21)20-3-1-2-4-20)28-19-11-13-32(14-12-19)24(34)16-5-6-16/h15-20H,1-14,26H2,(H2,28,29,30,31)/t17-,18-. The van der Waals surface area contributed by atoms with Crippen molar-refractivity contribution in [3.05, 3.63) is 6.33 Å². The number of hydrogen-bond acceptors (Lipinski definition) is 7. The van der Waals surface area contributed by atoms with Crippen LogP contribution in [0.1, 0.15) is 83.1 Å². The lowest BCUT2D eigenvalue weighted by atomic mass is 9.92. The molecule has 2 aromatic heterocycles. The number of aromatic nitrogens is 4. The maximum atomic E-state index is 12.4. The summed E-state index contributed by atoms with van der Waals surface area (Å²) < 4.78 is 2.27. The molecule has 9 nitrogen and oxygen atoms in total. The van der Waals surface area contributed by atoms with E-state index in [-0.39, 0.29) is 0 Å². The second-order valence-electron chi connectivity index (χ2n) is 10.9. The summed E-state index contributed by atoms with van der Waals surface area (Å²) in [4.78, 5) is 29.1. The van der Waals surface area contributed by atoms with Crippen molar-refractivity contribution < 1.29 is 4.79 Å². The highest BCUT2D eigenvalue weighted by molar-refractivity contribution is 5.85. The highest BCUT2D eigenvalue weighted by atomic mass is 16.2. The molecule has 6 rings (SSSR count). The number of fused-ring (bicyclic) bond motifs is 1. The van der Waals surface area contributed by atoms with Gasteiger partial charge in [-0.15, -0.1) is 0 Å². The Bertz CT molecular complexity index is 1010. The number of amides is 1. The lowest BCUT2D eigenvalue weighted by molar-refractivity contribution is -0.133. The van der Waals surface area contributed by atoms with E-state index >= 15 is 0 Å². The Morgan fingerprint density at radius 1 is 0.882 bits per heavy atom. The van der Waals surface area contributed by atoms with Gasteiger partial charge in [0.25, 0.3) is 0 Å². The average Bonchev–Trinajstić information content (AvgIpc) is 3.38. The zero-order chi connectivity index (χ0) is 23.1. The predicted molar refractivity (Wildman–Crippen MR) is 133 cm³/mol. The van der Waals surface area contributed by atoms with Crippen molar-refractivity contribution in [1.29, 1.82) is 0 Å². The molecule has 0 radical (unpaired) electrons. The van der Waals surface area contributed by atoms with Crippen LogP contribution in [0.4, 0.5) is 11.8 Å². The molecule has 9 heteroatoms. The highest BCUT2D eigenvalue weighted by Crippen LogP contribution is 2.35. The summed E-state index contributed by atoms with van der Waals surface area (Å²) in [6.45, 7) is 1.65. The molecule has 4 aliphatic rings. The van der Waals surface area contributed by atoms with E-state index in [1.54, 1.807) is 0 Å². The molecule has 0 aromatic carbocycles. The maximum Gasteiger partial charge on any atom is 0.227 e. The largest absolute Gasteiger partial charge is 0.365 e. The molecular weight excluding hydrogens is 428 g/mol. The predicted octanol–water partition coefficient (Wildman–Crippen LogP) is 3.44. The Hall–Kier alpha value is -2.42. The molecule has 0 bridgehead atoms. The van der Waals surface area contributed by atoms with Crippen molar-refractivity contribution in [3.63, 3.8) is 0 Å². The van der Waals surface area contributed by atoms with Gasteiger partial charge < -0.3 is 25.8 Å². The fourth-order valence-corrected chi connectivity index (χ4v) is 6.00. The van der Waals surface area contributed by atoms with E-state index in [4.69, 9.17) is 20.7 Å². The van der Waals surface area contributed by atoms with Gasteiger partial charge in [0.2, 0.25) is 11.9 Å². The minimum absolute atomic E-state index is 0.290. The molecule has 4 fully saturated rings. The first-order valence-corrected chi connectivity index (χ1v) is 13.5. The van der Waals surface area contributed by atoms with E-state index in [1.807, 2.05) is 6.33 Å². The van der Waals surface area contributed by atoms with Crippen LogP contribution < -0.4 is 16.4 Å². The second kappa shape index (κ2) is 9.32. The van der Waals surface area contributed by atoms with E-state index in [0.717, 1.165) is 81.4 Å². The van der Waals surface area contributed by atoms with Crippen LogP contribution in [0.3, 0.4) is 0 Å². The maximum absolute atomic E-state index is 12.4. The molecule has 3 heterocycles. The molecule has 2 aromatic rings. The lowest BCUT2D eigenvalue weighted by Gasteiger charge is -2.33. The van der Waals surface area contributed by atoms with Gasteiger partial charge in [-0.25, -0.2) is 4.98 Å². The third kappa shape index (κ3) is 4.59. The van der Waals surface area contributed by atoms with E-state index in [1.165, 1.54) is 25.7 Å². The van der Waals surface area contributed by atoms with Crippen LogP contribution in [-0.4, -0.2) is 61.5 Å². The van der Waals surface area contributed by atoms with E-state index < -0.39 is 0 Å². The molecule has 0 unspecified atom stereocenters. The van der Waals surface area contributed by atoms with Crippen LogP contribution in [0.5, 0.6) is 0 Å². The van der Waals surface area contributed by atoms with Gasteiger partial charge in [-0.3, -0.25) is 4.79 Å². The van der Waals surface area contributed by atoms with Gasteiger partial charge in [-0.1, -0.05) is 12.8 Å². The van der Waals surface area contributed by atoms with Gasteiger partial charge in [0.05, 0.1) is 6.33 Å². The Labute approximate surface area is 201 Å². The fraction of sp³-hybridized carbons (Fsp3) is 0.760. The topological polar surface area (TPSA) is 114 Å². The summed E-state index contributed by atoms with van der Waals surface area (Å²) in [5.41, 5.74) is 7.90. The number of imidazole rings is 1. The number of likely N-dealkylation sites (tertiary alicyclic amines) is 1. The second-order valence-corrected chi connectivity index (χ2v) is 10.9. The first-order chi connectivity index (χ1) is 16.6. The zero-order valence-electron chi connectivity index (χ0n) is 20.1. The van der Waals surface area contributed by atoms with Gasteiger partial charge in [-0.2, -0.15) is 9.97 Å². The van der Waals surface area contributed by atoms with Crippen molar-refractivity contribution in [2.24, 2.45) is 11.7 Å². The number of nitrogens with one attached hydrogen (secondary N) is 2. The molecule has 3 aliphatic carbocycles. The summed E-state index contributed by atoms with van der Waals surface area (Å²) >= 11 is 0. The number of nitrogens with zero attached hydrogens (tertiary/aromatic N) is 5. The normalized spacial score (nSPS) is 26.8. The molecule has 1 saturated heterocycles. The van der Waals surface area contributed by atoms with Crippen molar-refractivity contribution in [2.75, 3.05) is 23.7 Å². The molecule has 0 atom stereocenters. The number of rotatable bonds is 6. The Morgan fingerprint density at radius 3 is 2.29 bits per heavy atom. The first kappa shape index (κ1) is 22.1. The number of hydrogen-bond donors (Lipinski definition) is 3. The smallest absolute Gasteiger partial charge is 0.227 e. The minimum Gasteiger partial charge on any atom is -0.365 e. The molecule has 1 aliphatic heterocycles. The summed E-state index contributed by atoms with van der Waals surface area (Å²) in [7, 11) is 0. The number of nitrogens with two attached hydrogens (primary N) is 1. The molecule has 34 heavy (non-hydrogen) atoms. The van der Waals surface area contributed by atoms with E-state index in [9.17, 15) is 4.79 Å². The fourth-order valence-electron chi connectivity index (χ4n) is 6.00. The third-order valence-corrected chi connectivity index (χ3v) is 8.32. The van der Waals surface area contributed by atoms with Crippen molar-refractivity contribution >= 4 is 28.8 Å².